The Morgan fingerprint density at radius 3 is 2.47 bits per heavy atom. The molecule has 1 N–H and O–H groups in total. The summed E-state index contributed by atoms with van der Waals surface area (Å²) in [7, 11) is 0. The van der Waals surface area contributed by atoms with Gasteiger partial charge in [0.2, 0.25) is 0 Å². The molecule has 4 rings (SSSR count). The zero-order chi connectivity index (χ0) is 21.3. The molecular weight excluding hydrogens is 397 g/mol. The van der Waals surface area contributed by atoms with Crippen molar-refractivity contribution in [1.82, 2.24) is 0 Å². The Kier molecular flexibility index (Phi) is 4.95. The van der Waals surface area contributed by atoms with Gasteiger partial charge < -0.3 is 14.3 Å². The Balaban J connectivity index is 1.58. The number of phenolic OH excluding ortho intramolecular Hbond substituents is 1. The van der Waals surface area contributed by atoms with Crippen LogP contribution in [-0.4, -0.2) is 5.11 Å². The summed E-state index contributed by atoms with van der Waals surface area (Å²) in [4.78, 5) is 12.8. The molecule has 1 aromatic heterocycles. The van der Waals surface area contributed by atoms with Crippen molar-refractivity contribution in [1.29, 1.82) is 0 Å². The number of benzene rings is 3. The maximum atomic E-state index is 12.8. The van der Waals surface area contributed by atoms with Crippen LogP contribution in [0.5, 0.6) is 11.5 Å². The number of rotatable bonds is 4. The summed E-state index contributed by atoms with van der Waals surface area (Å²) in [6.07, 6.45) is -3.09. The van der Waals surface area contributed by atoms with E-state index in [4.69, 9.17) is 9.15 Å². The number of alkyl halides is 3. The third-order valence-electron chi connectivity index (χ3n) is 4.58. The van der Waals surface area contributed by atoms with Crippen molar-refractivity contribution >= 4 is 11.0 Å². The second-order valence-corrected chi connectivity index (χ2v) is 6.67. The van der Waals surface area contributed by atoms with Crippen LogP contribution < -0.4 is 10.2 Å². The molecule has 0 atom stereocenters. The molecule has 4 aromatic rings. The van der Waals surface area contributed by atoms with Crippen molar-refractivity contribution in [3.63, 3.8) is 0 Å². The molecule has 0 radical (unpaired) electrons. The maximum Gasteiger partial charge on any atom is 0.416 e. The number of fused-ring (bicyclic) bond motifs is 1. The normalized spacial score (nSPS) is 11.6. The number of hydrogen-bond donors (Lipinski definition) is 1. The Morgan fingerprint density at radius 1 is 0.967 bits per heavy atom. The monoisotopic (exact) mass is 412 g/mol. The first kappa shape index (κ1) is 19.6. The highest BCUT2D eigenvalue weighted by molar-refractivity contribution is 5.82. The van der Waals surface area contributed by atoms with E-state index in [9.17, 15) is 23.1 Å². The second-order valence-electron chi connectivity index (χ2n) is 6.67. The average Bonchev–Trinajstić information content (AvgIpc) is 2.73. The Morgan fingerprint density at radius 2 is 1.73 bits per heavy atom. The smallest absolute Gasteiger partial charge is 0.416 e. The fraction of sp³-hybridized carbons (Fsp3) is 0.0870. The molecule has 0 unspecified atom stereocenters. The van der Waals surface area contributed by atoms with Gasteiger partial charge in [-0.15, -0.1) is 0 Å². The van der Waals surface area contributed by atoms with E-state index >= 15 is 0 Å². The van der Waals surface area contributed by atoms with Crippen LogP contribution in [0.15, 0.2) is 82.2 Å². The molecule has 7 heteroatoms. The minimum atomic E-state index is -4.42. The number of aromatic hydroxyl groups is 1. The lowest BCUT2D eigenvalue weighted by atomic mass is 10.1. The van der Waals surface area contributed by atoms with Gasteiger partial charge >= 0.3 is 6.18 Å². The van der Waals surface area contributed by atoms with Gasteiger partial charge in [-0.25, -0.2) is 0 Å². The van der Waals surface area contributed by atoms with Crippen LogP contribution in [0.2, 0.25) is 0 Å². The van der Waals surface area contributed by atoms with E-state index in [1.807, 2.05) is 0 Å². The standard InChI is InChI=1S/C23H15F3O4/c24-23(25,26)16-3-1-2-14(10-16)12-29-18-8-9-19-21(11-18)30-13-20(22(19)28)15-4-6-17(27)7-5-15/h1-11,13,27H,12H2. The molecule has 3 aromatic carbocycles. The molecule has 0 aliphatic heterocycles. The van der Waals surface area contributed by atoms with Gasteiger partial charge in [-0.2, -0.15) is 13.2 Å². The molecule has 0 aliphatic rings. The van der Waals surface area contributed by atoms with Crippen LogP contribution in [0.3, 0.4) is 0 Å². The van der Waals surface area contributed by atoms with E-state index in [-0.39, 0.29) is 17.8 Å². The molecule has 0 saturated heterocycles. The summed E-state index contributed by atoms with van der Waals surface area (Å²) in [5.74, 6) is 0.451. The molecular formula is C23H15F3O4. The van der Waals surface area contributed by atoms with Gasteiger partial charge in [0, 0.05) is 6.07 Å². The fourth-order valence-electron chi connectivity index (χ4n) is 3.04. The van der Waals surface area contributed by atoms with E-state index in [0.717, 1.165) is 12.1 Å². The highest BCUT2D eigenvalue weighted by Gasteiger charge is 2.30. The molecule has 0 amide bonds. The van der Waals surface area contributed by atoms with Crippen molar-refractivity contribution < 1.29 is 27.4 Å². The second kappa shape index (κ2) is 7.59. The lowest BCUT2D eigenvalue weighted by Gasteiger charge is -2.10. The predicted molar refractivity (Wildman–Crippen MR) is 105 cm³/mol. The first-order chi connectivity index (χ1) is 14.3. The topological polar surface area (TPSA) is 59.7 Å². The molecule has 0 bridgehead atoms. The summed E-state index contributed by atoms with van der Waals surface area (Å²) in [5.41, 5.74) is 0.632. The summed E-state index contributed by atoms with van der Waals surface area (Å²) < 4.78 is 49.6. The van der Waals surface area contributed by atoms with Crippen LogP contribution in [0.1, 0.15) is 11.1 Å². The summed E-state index contributed by atoms with van der Waals surface area (Å²) in [5, 5.41) is 9.73. The van der Waals surface area contributed by atoms with Crippen molar-refractivity contribution in [2.75, 3.05) is 0 Å². The molecule has 152 valence electrons. The van der Waals surface area contributed by atoms with Gasteiger partial charge in [-0.3, -0.25) is 4.79 Å². The highest BCUT2D eigenvalue weighted by Crippen LogP contribution is 2.30. The van der Waals surface area contributed by atoms with Crippen LogP contribution >= 0.6 is 0 Å². The Hall–Kier alpha value is -3.74. The molecule has 0 spiro atoms. The molecule has 0 fully saturated rings. The van der Waals surface area contributed by atoms with Crippen molar-refractivity contribution in [3.05, 3.63) is 94.3 Å². The summed E-state index contributed by atoms with van der Waals surface area (Å²) >= 11 is 0. The molecule has 1 heterocycles. The zero-order valence-electron chi connectivity index (χ0n) is 15.4. The van der Waals surface area contributed by atoms with Crippen LogP contribution in [-0.2, 0) is 12.8 Å². The van der Waals surface area contributed by atoms with E-state index < -0.39 is 11.7 Å². The van der Waals surface area contributed by atoms with Gasteiger partial charge in [0.25, 0.3) is 0 Å². The molecule has 0 saturated carbocycles. The van der Waals surface area contributed by atoms with Crippen molar-refractivity contribution in [2.45, 2.75) is 12.8 Å². The minimum Gasteiger partial charge on any atom is -0.508 e. The van der Waals surface area contributed by atoms with Gasteiger partial charge in [0.15, 0.2) is 5.43 Å². The molecule has 4 nitrogen and oxygen atoms in total. The maximum absolute atomic E-state index is 12.8. The van der Waals surface area contributed by atoms with Crippen molar-refractivity contribution in [3.8, 4) is 22.6 Å². The predicted octanol–water partition coefficient (Wildman–Crippen LogP) is 5.76. The zero-order valence-corrected chi connectivity index (χ0v) is 15.4. The lowest BCUT2D eigenvalue weighted by Crippen LogP contribution is -2.06. The van der Waals surface area contributed by atoms with E-state index in [1.165, 1.54) is 30.5 Å². The third-order valence-corrected chi connectivity index (χ3v) is 4.58. The molecule has 0 aliphatic carbocycles. The number of ether oxygens (including phenoxy) is 1. The minimum absolute atomic E-state index is 0.0642. The van der Waals surface area contributed by atoms with Gasteiger partial charge in [0.1, 0.15) is 30.0 Å². The van der Waals surface area contributed by atoms with Gasteiger partial charge in [-0.05, 0) is 47.5 Å². The quantitative estimate of drug-likeness (QED) is 0.463. The van der Waals surface area contributed by atoms with Crippen molar-refractivity contribution in [2.24, 2.45) is 0 Å². The Labute approximate surface area is 168 Å². The van der Waals surface area contributed by atoms with Crippen LogP contribution in [0.4, 0.5) is 13.2 Å². The van der Waals surface area contributed by atoms with Crippen LogP contribution in [0, 0.1) is 0 Å². The van der Waals surface area contributed by atoms with Gasteiger partial charge in [-0.1, -0.05) is 24.3 Å². The third kappa shape index (κ3) is 4.00. The first-order valence-electron chi connectivity index (χ1n) is 8.95. The number of hydrogen-bond acceptors (Lipinski definition) is 4. The number of halogens is 3. The molecule has 30 heavy (non-hydrogen) atoms. The fourth-order valence-corrected chi connectivity index (χ4v) is 3.04. The first-order valence-corrected chi connectivity index (χ1v) is 8.95. The van der Waals surface area contributed by atoms with E-state index in [0.29, 0.717) is 33.4 Å². The summed E-state index contributed by atoms with van der Waals surface area (Å²) in [6.45, 7) is -0.0642. The van der Waals surface area contributed by atoms with Gasteiger partial charge in [0.05, 0.1) is 16.5 Å². The number of phenols is 1. The SMILES string of the molecule is O=c1c(-c2ccc(O)cc2)coc2cc(OCc3cccc(C(F)(F)F)c3)ccc12. The largest absolute Gasteiger partial charge is 0.508 e. The highest BCUT2D eigenvalue weighted by atomic mass is 19.4. The summed E-state index contributed by atoms with van der Waals surface area (Å²) in [6, 6.07) is 15.7. The van der Waals surface area contributed by atoms with Crippen LogP contribution in [0.25, 0.3) is 22.1 Å². The lowest BCUT2D eigenvalue weighted by molar-refractivity contribution is -0.137. The Bertz CT molecular complexity index is 1260. The van der Waals surface area contributed by atoms with E-state index in [2.05, 4.69) is 0 Å². The van der Waals surface area contributed by atoms with E-state index in [1.54, 1.807) is 30.3 Å². The average molecular weight is 412 g/mol.